The molecule has 2 heterocycles. The molecule has 2 rings (SSSR count). The van der Waals surface area contributed by atoms with Crippen molar-refractivity contribution in [1.82, 2.24) is 9.80 Å². The predicted octanol–water partition coefficient (Wildman–Crippen LogP) is 0.193. The lowest BCUT2D eigenvalue weighted by Crippen LogP contribution is -2.57. The lowest BCUT2D eigenvalue weighted by Gasteiger charge is -2.39. The zero-order chi connectivity index (χ0) is 13.3. The molecule has 0 radical (unpaired) electrons. The van der Waals surface area contributed by atoms with Crippen LogP contribution in [0.15, 0.2) is 0 Å². The van der Waals surface area contributed by atoms with Gasteiger partial charge in [-0.05, 0) is 12.3 Å². The van der Waals surface area contributed by atoms with Gasteiger partial charge in [0.25, 0.3) is 0 Å². The van der Waals surface area contributed by atoms with Gasteiger partial charge in [0, 0.05) is 32.1 Å². The molecule has 2 aliphatic rings. The minimum absolute atomic E-state index is 0.0448. The standard InChI is InChI=1S/C13H23N3O2/c1-3-9(2)12(14)13(18)15-6-7-16-10(8-15)4-5-11(16)17/h9-10,12H,3-8,14H2,1-2H3/t9-,10?,12-/m0/s1. The van der Waals surface area contributed by atoms with E-state index in [1.54, 1.807) is 0 Å². The third-order valence-electron chi connectivity index (χ3n) is 4.35. The summed E-state index contributed by atoms with van der Waals surface area (Å²) in [6.07, 6.45) is 2.42. The van der Waals surface area contributed by atoms with Crippen molar-refractivity contribution >= 4 is 11.8 Å². The van der Waals surface area contributed by atoms with Crippen molar-refractivity contribution in [2.75, 3.05) is 19.6 Å². The van der Waals surface area contributed by atoms with Gasteiger partial charge in [-0.25, -0.2) is 0 Å². The predicted molar refractivity (Wildman–Crippen MR) is 68.7 cm³/mol. The molecule has 0 saturated carbocycles. The molecule has 0 aromatic heterocycles. The Balaban J connectivity index is 1.95. The summed E-state index contributed by atoms with van der Waals surface area (Å²) in [6.45, 7) is 6.02. The third kappa shape index (κ3) is 2.36. The van der Waals surface area contributed by atoms with Crippen LogP contribution in [-0.4, -0.2) is 53.3 Å². The summed E-state index contributed by atoms with van der Waals surface area (Å²) < 4.78 is 0. The fourth-order valence-corrected chi connectivity index (χ4v) is 2.77. The van der Waals surface area contributed by atoms with Crippen LogP contribution in [0.2, 0.25) is 0 Å². The first-order valence-corrected chi connectivity index (χ1v) is 6.88. The van der Waals surface area contributed by atoms with E-state index in [0.29, 0.717) is 26.1 Å². The first kappa shape index (κ1) is 13.3. The Morgan fingerprint density at radius 3 is 2.89 bits per heavy atom. The zero-order valence-electron chi connectivity index (χ0n) is 11.3. The Bertz CT molecular complexity index is 345. The highest BCUT2D eigenvalue weighted by molar-refractivity contribution is 5.83. The molecule has 2 fully saturated rings. The van der Waals surface area contributed by atoms with Crippen molar-refractivity contribution in [2.24, 2.45) is 11.7 Å². The highest BCUT2D eigenvalue weighted by Gasteiger charge is 2.38. The van der Waals surface area contributed by atoms with Crippen LogP contribution in [0.5, 0.6) is 0 Å². The van der Waals surface area contributed by atoms with E-state index >= 15 is 0 Å². The van der Waals surface area contributed by atoms with Crippen molar-refractivity contribution in [3.63, 3.8) is 0 Å². The average Bonchev–Trinajstić information content (AvgIpc) is 2.77. The van der Waals surface area contributed by atoms with Crippen molar-refractivity contribution in [3.8, 4) is 0 Å². The maximum Gasteiger partial charge on any atom is 0.239 e. The number of nitrogens with zero attached hydrogens (tertiary/aromatic N) is 2. The Kier molecular flexibility index (Phi) is 3.90. The smallest absolute Gasteiger partial charge is 0.239 e. The summed E-state index contributed by atoms with van der Waals surface area (Å²) in [6, 6.07) is -0.182. The highest BCUT2D eigenvalue weighted by atomic mass is 16.2. The van der Waals surface area contributed by atoms with Crippen LogP contribution in [-0.2, 0) is 9.59 Å². The highest BCUT2D eigenvalue weighted by Crippen LogP contribution is 2.23. The summed E-state index contributed by atoms with van der Waals surface area (Å²) in [5.41, 5.74) is 5.99. The largest absolute Gasteiger partial charge is 0.338 e. The molecule has 2 amide bonds. The molecular formula is C13H23N3O2. The molecule has 0 aromatic carbocycles. The molecule has 0 aromatic rings. The van der Waals surface area contributed by atoms with Gasteiger partial charge in [-0.2, -0.15) is 0 Å². The number of amides is 2. The van der Waals surface area contributed by atoms with Crippen LogP contribution < -0.4 is 5.73 Å². The van der Waals surface area contributed by atoms with E-state index in [0.717, 1.165) is 12.8 Å². The fraction of sp³-hybridized carbons (Fsp3) is 0.846. The van der Waals surface area contributed by atoms with Crippen LogP contribution in [0.25, 0.3) is 0 Å². The first-order valence-electron chi connectivity index (χ1n) is 6.88. The van der Waals surface area contributed by atoms with Crippen LogP contribution in [0.4, 0.5) is 0 Å². The molecule has 18 heavy (non-hydrogen) atoms. The van der Waals surface area contributed by atoms with Gasteiger partial charge in [-0.15, -0.1) is 0 Å². The maximum absolute atomic E-state index is 12.3. The van der Waals surface area contributed by atoms with Gasteiger partial charge in [0.1, 0.15) is 0 Å². The topological polar surface area (TPSA) is 66.6 Å². The zero-order valence-corrected chi connectivity index (χ0v) is 11.3. The second-order valence-corrected chi connectivity index (χ2v) is 5.48. The molecule has 2 aliphatic heterocycles. The van der Waals surface area contributed by atoms with Crippen molar-refractivity contribution in [1.29, 1.82) is 0 Å². The van der Waals surface area contributed by atoms with Gasteiger partial charge in [-0.3, -0.25) is 9.59 Å². The molecule has 0 bridgehead atoms. The van der Waals surface area contributed by atoms with E-state index in [-0.39, 0.29) is 23.8 Å². The minimum atomic E-state index is -0.404. The summed E-state index contributed by atoms with van der Waals surface area (Å²) in [7, 11) is 0. The molecule has 5 nitrogen and oxygen atoms in total. The summed E-state index contributed by atoms with van der Waals surface area (Å²) in [4.78, 5) is 27.6. The van der Waals surface area contributed by atoms with E-state index in [2.05, 4.69) is 0 Å². The van der Waals surface area contributed by atoms with Crippen molar-refractivity contribution in [3.05, 3.63) is 0 Å². The summed E-state index contributed by atoms with van der Waals surface area (Å²) in [5.74, 6) is 0.488. The van der Waals surface area contributed by atoms with Gasteiger partial charge >= 0.3 is 0 Å². The van der Waals surface area contributed by atoms with E-state index in [1.165, 1.54) is 0 Å². The minimum Gasteiger partial charge on any atom is -0.338 e. The van der Waals surface area contributed by atoms with Crippen LogP contribution in [0.1, 0.15) is 33.1 Å². The first-order chi connectivity index (χ1) is 8.54. The second-order valence-electron chi connectivity index (χ2n) is 5.48. The maximum atomic E-state index is 12.3. The summed E-state index contributed by atoms with van der Waals surface area (Å²) >= 11 is 0. The van der Waals surface area contributed by atoms with E-state index in [4.69, 9.17) is 5.73 Å². The molecule has 0 spiro atoms. The Morgan fingerprint density at radius 2 is 2.22 bits per heavy atom. The normalized spacial score (nSPS) is 27.1. The van der Waals surface area contributed by atoms with Gasteiger partial charge in [0.05, 0.1) is 6.04 Å². The van der Waals surface area contributed by atoms with Crippen molar-refractivity contribution < 1.29 is 9.59 Å². The average molecular weight is 253 g/mol. The van der Waals surface area contributed by atoms with Gasteiger partial charge in [0.2, 0.25) is 11.8 Å². The molecule has 2 saturated heterocycles. The third-order valence-corrected chi connectivity index (χ3v) is 4.35. The number of carbonyl (C=O) groups excluding carboxylic acids is 2. The van der Waals surface area contributed by atoms with Gasteiger partial charge < -0.3 is 15.5 Å². The molecule has 102 valence electrons. The fourth-order valence-electron chi connectivity index (χ4n) is 2.77. The number of piperazine rings is 1. The van der Waals surface area contributed by atoms with E-state index < -0.39 is 6.04 Å². The molecule has 5 heteroatoms. The molecule has 2 N–H and O–H groups in total. The van der Waals surface area contributed by atoms with E-state index in [9.17, 15) is 9.59 Å². The molecule has 3 atom stereocenters. The number of rotatable bonds is 3. The SMILES string of the molecule is CC[C@H](C)[C@H](N)C(=O)N1CCN2C(=O)CCC2C1. The number of hydrogen-bond acceptors (Lipinski definition) is 3. The second kappa shape index (κ2) is 5.26. The van der Waals surface area contributed by atoms with Gasteiger partial charge in [-0.1, -0.05) is 20.3 Å². The van der Waals surface area contributed by atoms with Crippen LogP contribution in [0.3, 0.4) is 0 Å². The Hall–Kier alpha value is -1.10. The van der Waals surface area contributed by atoms with Crippen molar-refractivity contribution in [2.45, 2.75) is 45.2 Å². The molecular weight excluding hydrogens is 230 g/mol. The van der Waals surface area contributed by atoms with Crippen LogP contribution >= 0.6 is 0 Å². The number of nitrogens with two attached hydrogens (primary N) is 1. The lowest BCUT2D eigenvalue weighted by atomic mass is 9.98. The quantitative estimate of drug-likeness (QED) is 0.781. The van der Waals surface area contributed by atoms with Gasteiger partial charge in [0.15, 0.2) is 0 Å². The number of fused-ring (bicyclic) bond motifs is 1. The Morgan fingerprint density at radius 1 is 1.50 bits per heavy atom. The monoisotopic (exact) mass is 253 g/mol. The lowest BCUT2D eigenvalue weighted by molar-refractivity contribution is -0.140. The number of hydrogen-bond donors (Lipinski definition) is 1. The summed E-state index contributed by atoms with van der Waals surface area (Å²) in [5, 5.41) is 0. The molecule has 1 unspecified atom stereocenters. The Labute approximate surface area is 108 Å². The van der Waals surface area contributed by atoms with E-state index in [1.807, 2.05) is 23.6 Å². The molecule has 0 aliphatic carbocycles. The van der Waals surface area contributed by atoms with Crippen LogP contribution in [0, 0.1) is 5.92 Å². The number of carbonyl (C=O) groups is 2.